The number of amides is 2. The van der Waals surface area contributed by atoms with Gasteiger partial charge in [-0.1, -0.05) is 130 Å². The molecule has 0 aliphatic heterocycles. The van der Waals surface area contributed by atoms with Gasteiger partial charge in [-0.15, -0.1) is 0 Å². The van der Waals surface area contributed by atoms with Crippen LogP contribution in [-0.4, -0.2) is 88.6 Å². The zero-order valence-electron chi connectivity index (χ0n) is 42.6. The average Bonchev–Trinajstić information content (AvgIpc) is 3.59. The normalized spacial score (nSPS) is 12.9. The molecule has 0 saturated heterocycles. The number of aliphatic carboxylic acids is 1. The predicted octanol–water partition coefficient (Wildman–Crippen LogP) is 10.5. The lowest BCUT2D eigenvalue weighted by molar-refractivity contribution is -0.138. The van der Waals surface area contributed by atoms with Gasteiger partial charge in [-0.2, -0.15) is 0 Å². The number of alkyl carbamates (subject to hydrolysis) is 1. The van der Waals surface area contributed by atoms with Crippen LogP contribution < -0.4 is 22.1 Å². The van der Waals surface area contributed by atoms with E-state index in [1.165, 1.54) is 6.92 Å². The molecule has 5 rings (SSSR count). The van der Waals surface area contributed by atoms with Crippen LogP contribution in [0.25, 0.3) is 11.1 Å². The van der Waals surface area contributed by atoms with Gasteiger partial charge in [-0.25, -0.2) is 14.4 Å². The van der Waals surface area contributed by atoms with Crippen LogP contribution in [0.5, 0.6) is 0 Å². The van der Waals surface area contributed by atoms with E-state index in [4.69, 9.17) is 30.8 Å². The number of benzene rings is 4. The lowest BCUT2D eigenvalue weighted by Gasteiger charge is -2.22. The molecule has 4 atom stereocenters. The zero-order valence-corrected chi connectivity index (χ0v) is 42.6. The average molecular weight is 1030 g/mol. The molecule has 15 nitrogen and oxygen atoms in total. The molecule has 2 amide bonds. The molecule has 410 valence electrons. The first-order chi connectivity index (χ1) is 32.6. The summed E-state index contributed by atoms with van der Waals surface area (Å²) in [5.41, 5.74) is 17.4. The Morgan fingerprint density at radius 2 is 0.959 bits per heavy atom. The van der Waals surface area contributed by atoms with E-state index in [-0.39, 0.29) is 90.4 Å². The number of fused-ring (bicyclic) bond motifs is 3. The molecular weight excluding hydrogens is 941 g/mol. The summed E-state index contributed by atoms with van der Waals surface area (Å²) in [6, 6.07) is 27.0. The quantitative estimate of drug-likeness (QED) is 0.0519. The second kappa shape index (κ2) is 31.1. The fourth-order valence-corrected chi connectivity index (χ4v) is 6.98. The Morgan fingerprint density at radius 1 is 0.568 bits per heavy atom. The van der Waals surface area contributed by atoms with Crippen LogP contribution in [0.3, 0.4) is 0 Å². The summed E-state index contributed by atoms with van der Waals surface area (Å²) in [7, 11) is 0. The van der Waals surface area contributed by atoms with Crippen molar-refractivity contribution in [2.75, 3.05) is 6.61 Å². The number of ketones is 2. The van der Waals surface area contributed by atoms with Gasteiger partial charge < -0.3 is 41.4 Å². The maximum atomic E-state index is 12.6. The Hall–Kier alpha value is -6.71. The van der Waals surface area contributed by atoms with Gasteiger partial charge in [0.15, 0.2) is 11.6 Å². The SMILES string of the molecule is C.C.C.C.CC(C)C(N)C(=O)Cc1ccc(C(=O)OC(C)(C)C)cc1.CC(C)C(NC(=O)[C@H](C)N)C(=O)Cc1ccc(C(=O)OC(C)(C)C)cc1.C[C@H](NC(=O)OCC1c2ccccc2-c2ccccc21)C(=O)O. The van der Waals surface area contributed by atoms with Crippen LogP contribution in [-0.2, 0) is 46.2 Å². The summed E-state index contributed by atoms with van der Waals surface area (Å²) in [5, 5.41) is 13.8. The van der Waals surface area contributed by atoms with E-state index in [9.17, 15) is 33.6 Å². The number of ether oxygens (including phenoxy) is 3. The fraction of sp³-hybridized carbons (Fsp3) is 0.475. The van der Waals surface area contributed by atoms with Gasteiger partial charge in [0, 0.05) is 18.8 Å². The summed E-state index contributed by atoms with van der Waals surface area (Å²) in [5.74, 6) is -2.26. The number of nitrogens with one attached hydrogen (secondary N) is 2. The molecule has 0 bridgehead atoms. The van der Waals surface area contributed by atoms with Gasteiger partial charge in [0.25, 0.3) is 0 Å². The van der Waals surface area contributed by atoms with E-state index >= 15 is 0 Å². The third-order valence-corrected chi connectivity index (χ3v) is 10.8. The van der Waals surface area contributed by atoms with Crippen molar-refractivity contribution in [2.45, 2.75) is 167 Å². The standard InChI is InChI=1S/C20H30N2O4.C18H17NO4.C17H25NO3.4CH4/c1-12(2)17(22-18(24)13(3)21)16(23)11-14-7-9-15(10-8-14)19(25)26-20(4,5)6;1-11(17(20)21)19-18(22)23-10-16-14-8-4-2-6-12(14)13-7-3-5-9-15(13)16;1-11(2)15(18)14(19)10-12-6-8-13(9-7-12)16(20)21-17(3,4)5;;;;/h7-10,12-13,17H,11,21H2,1-6H3,(H,22,24);2-9,11,16H,10H2,1H3,(H,19,22)(H,20,21);6-9,11,15H,10,18H2,1-5H3;4*1H4/t13-,17?;11-;;;;;/m00...../s1. The minimum absolute atomic E-state index is 0. The van der Waals surface area contributed by atoms with Crippen LogP contribution in [0.2, 0.25) is 0 Å². The highest BCUT2D eigenvalue weighted by Gasteiger charge is 2.30. The van der Waals surface area contributed by atoms with Crippen LogP contribution in [0.15, 0.2) is 97.1 Å². The molecule has 0 radical (unpaired) electrons. The van der Waals surface area contributed by atoms with Crippen molar-refractivity contribution >= 4 is 41.5 Å². The molecule has 0 saturated carbocycles. The Morgan fingerprint density at radius 3 is 1.31 bits per heavy atom. The molecule has 0 aromatic heterocycles. The predicted molar refractivity (Wildman–Crippen MR) is 296 cm³/mol. The number of esters is 2. The number of carboxylic acid groups (broad SMARTS) is 1. The van der Waals surface area contributed by atoms with Crippen molar-refractivity contribution in [2.24, 2.45) is 23.3 Å². The second-order valence-electron chi connectivity index (χ2n) is 20.0. The molecule has 0 heterocycles. The smallest absolute Gasteiger partial charge is 0.407 e. The lowest BCUT2D eigenvalue weighted by Crippen LogP contribution is -2.50. The third kappa shape index (κ3) is 22.2. The maximum Gasteiger partial charge on any atom is 0.407 e. The number of carboxylic acids is 1. The van der Waals surface area contributed by atoms with Crippen LogP contribution >= 0.6 is 0 Å². The molecule has 4 aromatic carbocycles. The molecule has 2 unspecified atom stereocenters. The highest BCUT2D eigenvalue weighted by Crippen LogP contribution is 2.44. The number of rotatable bonds is 16. The van der Waals surface area contributed by atoms with Crippen LogP contribution in [0.4, 0.5) is 4.79 Å². The molecular formula is C59H88N4O11. The maximum absolute atomic E-state index is 12.6. The summed E-state index contributed by atoms with van der Waals surface area (Å²) in [4.78, 5) is 82.7. The fourth-order valence-electron chi connectivity index (χ4n) is 6.98. The van der Waals surface area contributed by atoms with E-state index in [1.54, 1.807) is 76.2 Å². The Labute approximate surface area is 441 Å². The summed E-state index contributed by atoms with van der Waals surface area (Å²) in [6.07, 6.45) is -0.272. The molecule has 1 aliphatic carbocycles. The van der Waals surface area contributed by atoms with Gasteiger partial charge >= 0.3 is 24.0 Å². The van der Waals surface area contributed by atoms with Gasteiger partial charge in [0.05, 0.1) is 29.3 Å². The summed E-state index contributed by atoms with van der Waals surface area (Å²) in [6.45, 7) is 21.6. The topological polar surface area (TPSA) is 244 Å². The highest BCUT2D eigenvalue weighted by molar-refractivity contribution is 5.93. The van der Waals surface area contributed by atoms with E-state index in [0.717, 1.165) is 33.4 Å². The van der Waals surface area contributed by atoms with Gasteiger partial charge in [-0.3, -0.25) is 19.2 Å². The summed E-state index contributed by atoms with van der Waals surface area (Å²) >= 11 is 0. The largest absolute Gasteiger partial charge is 0.480 e. The molecule has 4 aromatic rings. The van der Waals surface area contributed by atoms with E-state index < -0.39 is 53.4 Å². The first-order valence-corrected chi connectivity index (χ1v) is 23.4. The van der Waals surface area contributed by atoms with E-state index in [0.29, 0.717) is 11.1 Å². The Bertz CT molecular complexity index is 2390. The van der Waals surface area contributed by atoms with Crippen LogP contribution in [0, 0.1) is 11.8 Å². The number of hydrogen-bond acceptors (Lipinski definition) is 12. The van der Waals surface area contributed by atoms with E-state index in [1.807, 2.05) is 84.9 Å². The molecule has 0 spiro atoms. The van der Waals surface area contributed by atoms with Gasteiger partial charge in [-0.05, 0) is 125 Å². The van der Waals surface area contributed by atoms with Crippen molar-refractivity contribution in [3.8, 4) is 11.1 Å². The van der Waals surface area contributed by atoms with E-state index in [2.05, 4.69) is 22.8 Å². The van der Waals surface area contributed by atoms with Gasteiger partial charge in [0.2, 0.25) is 5.91 Å². The first-order valence-electron chi connectivity index (χ1n) is 23.4. The number of carbonyl (C=O) groups is 7. The summed E-state index contributed by atoms with van der Waals surface area (Å²) < 4.78 is 15.9. The number of hydrogen-bond donors (Lipinski definition) is 5. The van der Waals surface area contributed by atoms with Crippen molar-refractivity contribution in [3.05, 3.63) is 130 Å². The molecule has 74 heavy (non-hydrogen) atoms. The number of carbonyl (C=O) groups excluding carboxylic acids is 6. The van der Waals surface area contributed by atoms with Crippen molar-refractivity contribution in [1.82, 2.24) is 10.6 Å². The van der Waals surface area contributed by atoms with Gasteiger partial charge in [0.1, 0.15) is 23.9 Å². The first kappa shape index (κ1) is 69.4. The molecule has 15 heteroatoms. The number of Topliss-reactive ketones (excluding diaryl/α,β-unsaturated/α-hetero) is 2. The number of nitrogens with two attached hydrogens (primary N) is 2. The second-order valence-corrected chi connectivity index (χ2v) is 20.0. The highest BCUT2D eigenvalue weighted by atomic mass is 16.6. The lowest BCUT2D eigenvalue weighted by atomic mass is 9.94. The zero-order chi connectivity index (χ0) is 52.7. The minimum Gasteiger partial charge on any atom is -0.480 e. The molecule has 7 N–H and O–H groups in total. The molecule has 0 fully saturated rings. The minimum atomic E-state index is -1.10. The third-order valence-electron chi connectivity index (χ3n) is 10.8. The van der Waals surface area contributed by atoms with Crippen molar-refractivity contribution in [1.29, 1.82) is 0 Å². The molecule has 1 aliphatic rings. The Kier molecular flexibility index (Phi) is 29.2. The Balaban J connectivity index is 0. The van der Waals surface area contributed by atoms with Crippen LogP contribution in [0.1, 0.15) is 162 Å². The van der Waals surface area contributed by atoms with Crippen molar-refractivity contribution < 1.29 is 52.9 Å². The monoisotopic (exact) mass is 1030 g/mol. The van der Waals surface area contributed by atoms with Crippen molar-refractivity contribution in [3.63, 3.8) is 0 Å².